The number of carbonyl (C=O) groups excluding carboxylic acids is 2. The van der Waals surface area contributed by atoms with Gasteiger partial charge in [-0.25, -0.2) is 8.42 Å². The number of nitro groups is 1. The molecule has 0 heterocycles. The van der Waals surface area contributed by atoms with Crippen LogP contribution in [0.3, 0.4) is 0 Å². The number of sulfonamides is 1. The van der Waals surface area contributed by atoms with Gasteiger partial charge < -0.3 is 10.2 Å². The van der Waals surface area contributed by atoms with Crippen molar-refractivity contribution in [3.63, 3.8) is 0 Å². The minimum atomic E-state index is -4.00. The zero-order chi connectivity index (χ0) is 26.5. The van der Waals surface area contributed by atoms with Crippen LogP contribution in [0.4, 0.5) is 11.4 Å². The molecule has 194 valence electrons. The summed E-state index contributed by atoms with van der Waals surface area (Å²) in [4.78, 5) is 38.4. The van der Waals surface area contributed by atoms with Crippen molar-refractivity contribution >= 4 is 44.8 Å². The fourth-order valence-corrected chi connectivity index (χ4v) is 5.20. The van der Waals surface area contributed by atoms with Crippen LogP contribution in [-0.2, 0) is 26.2 Å². The monoisotopic (exact) mass is 536 g/mol. The average Bonchev–Trinajstić information content (AvgIpc) is 3.33. The predicted molar refractivity (Wildman–Crippen MR) is 137 cm³/mol. The summed E-state index contributed by atoms with van der Waals surface area (Å²) >= 11 is 6.31. The fraction of sp³-hybridized carbons (Fsp3) is 0.417. The Morgan fingerprint density at radius 1 is 1.17 bits per heavy atom. The van der Waals surface area contributed by atoms with Gasteiger partial charge in [-0.2, -0.15) is 0 Å². The average molecular weight is 537 g/mol. The first kappa shape index (κ1) is 27.4. The van der Waals surface area contributed by atoms with Crippen LogP contribution in [-0.4, -0.2) is 54.9 Å². The van der Waals surface area contributed by atoms with Crippen molar-refractivity contribution in [1.29, 1.82) is 0 Å². The Morgan fingerprint density at radius 2 is 1.83 bits per heavy atom. The maximum Gasteiger partial charge on any atom is 0.271 e. The lowest BCUT2D eigenvalue weighted by Gasteiger charge is -2.32. The van der Waals surface area contributed by atoms with Crippen LogP contribution in [0.2, 0.25) is 5.02 Å². The lowest BCUT2D eigenvalue weighted by Crippen LogP contribution is -2.52. The Morgan fingerprint density at radius 3 is 2.44 bits per heavy atom. The van der Waals surface area contributed by atoms with Gasteiger partial charge in [-0.3, -0.25) is 24.0 Å². The number of rotatable bonds is 10. The number of nitrogens with one attached hydrogen (secondary N) is 1. The molecule has 0 aromatic heterocycles. The van der Waals surface area contributed by atoms with Crippen LogP contribution in [0.15, 0.2) is 48.5 Å². The summed E-state index contributed by atoms with van der Waals surface area (Å²) < 4.78 is 26.0. The van der Waals surface area contributed by atoms with Gasteiger partial charge in [0.1, 0.15) is 12.6 Å². The molecule has 10 nitrogen and oxygen atoms in total. The number of anilines is 1. The van der Waals surface area contributed by atoms with Crippen molar-refractivity contribution < 1.29 is 22.9 Å². The maximum absolute atomic E-state index is 13.6. The molecule has 1 aliphatic carbocycles. The standard InChI is InChI=1S/C24H29ClN4O6S/c1-17(24(31)26-19-9-4-5-10-19)27(15-18-8-3-6-13-22(18)25)23(30)16-28(36(2,34)35)20-11-7-12-21(14-20)29(32)33/h3,6-8,11-14,17,19H,4-5,9-10,15-16H2,1-2H3,(H,26,31)/t17-/m0/s1. The number of halogens is 1. The van der Waals surface area contributed by atoms with Crippen LogP contribution in [0.5, 0.6) is 0 Å². The third-order valence-corrected chi connectivity index (χ3v) is 7.68. The SMILES string of the molecule is C[C@@H](C(=O)NC1CCCC1)N(Cc1ccccc1Cl)C(=O)CN(c1cccc([N+](=O)[O-])c1)S(C)(=O)=O. The first-order chi connectivity index (χ1) is 17.0. The highest BCUT2D eigenvalue weighted by Gasteiger charge is 2.32. The van der Waals surface area contributed by atoms with Gasteiger partial charge in [-0.1, -0.05) is 48.7 Å². The number of hydrogen-bond donors (Lipinski definition) is 1. The smallest absolute Gasteiger partial charge is 0.271 e. The van der Waals surface area contributed by atoms with E-state index in [0.29, 0.717) is 10.6 Å². The summed E-state index contributed by atoms with van der Waals surface area (Å²) in [5.74, 6) is -0.996. The van der Waals surface area contributed by atoms with Crippen molar-refractivity contribution in [2.45, 2.75) is 51.2 Å². The van der Waals surface area contributed by atoms with Gasteiger partial charge >= 0.3 is 0 Å². The molecule has 1 N–H and O–H groups in total. The summed E-state index contributed by atoms with van der Waals surface area (Å²) in [5, 5.41) is 14.6. The van der Waals surface area contributed by atoms with Crippen molar-refractivity contribution in [1.82, 2.24) is 10.2 Å². The molecule has 1 fully saturated rings. The molecule has 2 aromatic carbocycles. The molecule has 0 aliphatic heterocycles. The summed E-state index contributed by atoms with van der Waals surface area (Å²) in [5.41, 5.74) is 0.251. The summed E-state index contributed by atoms with van der Waals surface area (Å²) in [6.07, 6.45) is 4.69. The van der Waals surface area contributed by atoms with Crippen LogP contribution < -0.4 is 9.62 Å². The van der Waals surface area contributed by atoms with Crippen molar-refractivity contribution in [2.24, 2.45) is 0 Å². The van der Waals surface area contributed by atoms with Crippen LogP contribution >= 0.6 is 11.6 Å². The van der Waals surface area contributed by atoms with E-state index in [4.69, 9.17) is 11.6 Å². The first-order valence-corrected chi connectivity index (χ1v) is 13.8. The maximum atomic E-state index is 13.6. The van der Waals surface area contributed by atoms with E-state index in [-0.39, 0.29) is 29.9 Å². The number of nitrogens with zero attached hydrogens (tertiary/aromatic N) is 3. The zero-order valence-corrected chi connectivity index (χ0v) is 21.7. The van der Waals surface area contributed by atoms with E-state index in [1.807, 2.05) is 0 Å². The van der Waals surface area contributed by atoms with E-state index < -0.39 is 33.4 Å². The van der Waals surface area contributed by atoms with Gasteiger partial charge in [0.05, 0.1) is 16.9 Å². The lowest BCUT2D eigenvalue weighted by molar-refractivity contribution is -0.384. The molecule has 0 unspecified atom stereocenters. The fourth-order valence-electron chi connectivity index (χ4n) is 4.16. The third kappa shape index (κ3) is 6.94. The third-order valence-electron chi connectivity index (χ3n) is 6.18. The molecule has 0 radical (unpaired) electrons. The molecule has 0 bridgehead atoms. The molecule has 0 spiro atoms. The molecule has 36 heavy (non-hydrogen) atoms. The molecule has 1 atom stereocenters. The highest BCUT2D eigenvalue weighted by Crippen LogP contribution is 2.25. The number of benzene rings is 2. The minimum absolute atomic E-state index is 0.0235. The van der Waals surface area contributed by atoms with Gasteiger partial charge in [0.15, 0.2) is 0 Å². The highest BCUT2D eigenvalue weighted by molar-refractivity contribution is 7.92. The van der Waals surface area contributed by atoms with Gasteiger partial charge in [0, 0.05) is 29.7 Å². The second-order valence-corrected chi connectivity index (χ2v) is 11.1. The van der Waals surface area contributed by atoms with Gasteiger partial charge in [-0.15, -0.1) is 0 Å². The molecule has 1 saturated carbocycles. The zero-order valence-electron chi connectivity index (χ0n) is 20.1. The molecule has 2 amide bonds. The summed E-state index contributed by atoms with van der Waals surface area (Å²) in [6.45, 7) is 0.910. The molecular formula is C24H29ClN4O6S. The van der Waals surface area contributed by atoms with E-state index >= 15 is 0 Å². The Labute approximate surface area is 215 Å². The Bertz CT molecular complexity index is 1230. The molecule has 3 rings (SSSR count). The largest absolute Gasteiger partial charge is 0.352 e. The van der Waals surface area contributed by atoms with Crippen molar-refractivity contribution in [3.8, 4) is 0 Å². The molecule has 2 aromatic rings. The van der Waals surface area contributed by atoms with Crippen LogP contribution in [0.1, 0.15) is 38.2 Å². The van der Waals surface area contributed by atoms with E-state index in [1.165, 1.54) is 23.1 Å². The number of carbonyl (C=O) groups is 2. The number of hydrogen-bond acceptors (Lipinski definition) is 6. The lowest BCUT2D eigenvalue weighted by atomic mass is 10.1. The van der Waals surface area contributed by atoms with Crippen molar-refractivity contribution in [3.05, 3.63) is 69.2 Å². The van der Waals surface area contributed by atoms with E-state index in [9.17, 15) is 28.1 Å². The first-order valence-electron chi connectivity index (χ1n) is 11.5. The van der Waals surface area contributed by atoms with E-state index in [0.717, 1.165) is 42.3 Å². The molecule has 0 saturated heterocycles. The van der Waals surface area contributed by atoms with E-state index in [1.54, 1.807) is 31.2 Å². The molecule has 12 heteroatoms. The van der Waals surface area contributed by atoms with Crippen LogP contribution in [0, 0.1) is 10.1 Å². The minimum Gasteiger partial charge on any atom is -0.352 e. The normalized spacial score (nSPS) is 14.8. The Kier molecular flexibility index (Phi) is 8.91. The summed E-state index contributed by atoms with van der Waals surface area (Å²) in [6, 6.07) is 11.0. The van der Waals surface area contributed by atoms with Gasteiger partial charge in [0.2, 0.25) is 21.8 Å². The second kappa shape index (κ2) is 11.7. The number of non-ortho nitro benzene ring substituents is 1. The van der Waals surface area contributed by atoms with Crippen LogP contribution in [0.25, 0.3) is 0 Å². The number of amides is 2. The predicted octanol–water partition coefficient (Wildman–Crippen LogP) is 3.49. The quantitative estimate of drug-likeness (QED) is 0.365. The topological polar surface area (TPSA) is 130 Å². The summed E-state index contributed by atoms with van der Waals surface area (Å²) in [7, 11) is -4.00. The van der Waals surface area contributed by atoms with Gasteiger partial charge in [-0.05, 0) is 37.5 Å². The molecule has 1 aliphatic rings. The van der Waals surface area contributed by atoms with E-state index in [2.05, 4.69) is 5.32 Å². The Balaban J connectivity index is 1.91. The Hall–Kier alpha value is -3.18. The highest BCUT2D eigenvalue weighted by atomic mass is 35.5. The van der Waals surface area contributed by atoms with Gasteiger partial charge in [0.25, 0.3) is 5.69 Å². The van der Waals surface area contributed by atoms with Crippen molar-refractivity contribution in [2.75, 3.05) is 17.1 Å². The second-order valence-electron chi connectivity index (χ2n) is 8.83. The molecular weight excluding hydrogens is 508 g/mol. The number of nitro benzene ring substituents is 1.